The van der Waals surface area contributed by atoms with Crippen LogP contribution in [-0.2, 0) is 10.0 Å². The van der Waals surface area contributed by atoms with Gasteiger partial charge in [0.25, 0.3) is 15.6 Å². The molecule has 1 aromatic carbocycles. The summed E-state index contributed by atoms with van der Waals surface area (Å²) in [6, 6.07) is 4.52. The minimum absolute atomic E-state index is 0.102. The number of H-pyrrole nitrogens is 1. The molecule has 0 aliphatic carbocycles. The van der Waals surface area contributed by atoms with Crippen molar-refractivity contribution in [1.29, 1.82) is 0 Å². The van der Waals surface area contributed by atoms with Crippen molar-refractivity contribution in [2.45, 2.75) is 4.90 Å². The lowest BCUT2D eigenvalue weighted by atomic mass is 10.3. The number of pyridine rings is 1. The monoisotopic (exact) mass is 332 g/mol. The van der Waals surface area contributed by atoms with Gasteiger partial charge in [0.2, 0.25) is 0 Å². The number of ether oxygens (including phenoxy) is 1. The van der Waals surface area contributed by atoms with Gasteiger partial charge in [0.15, 0.2) is 11.6 Å². The van der Waals surface area contributed by atoms with E-state index in [9.17, 15) is 17.6 Å². The van der Waals surface area contributed by atoms with Gasteiger partial charge >= 0.3 is 0 Å². The van der Waals surface area contributed by atoms with Crippen LogP contribution in [0.3, 0.4) is 0 Å². The van der Waals surface area contributed by atoms with Crippen LogP contribution in [0.4, 0.5) is 10.1 Å². The number of nitrogens with one attached hydrogen (secondary N) is 2. The third-order valence-electron chi connectivity index (χ3n) is 2.55. The van der Waals surface area contributed by atoms with Crippen molar-refractivity contribution in [2.24, 2.45) is 0 Å². The summed E-state index contributed by atoms with van der Waals surface area (Å²) in [6.45, 7) is 0. The second kappa shape index (κ2) is 5.74. The topological polar surface area (TPSA) is 88.3 Å². The van der Waals surface area contributed by atoms with Gasteiger partial charge in [-0.3, -0.25) is 9.52 Å². The average Bonchev–Trinajstić information content (AvgIpc) is 2.43. The van der Waals surface area contributed by atoms with Gasteiger partial charge in [-0.25, -0.2) is 12.8 Å². The highest BCUT2D eigenvalue weighted by atomic mass is 35.5. The molecule has 1 heterocycles. The van der Waals surface area contributed by atoms with Gasteiger partial charge in [-0.05, 0) is 18.2 Å². The molecule has 6 nitrogen and oxygen atoms in total. The molecule has 9 heteroatoms. The summed E-state index contributed by atoms with van der Waals surface area (Å²) in [5.74, 6) is -0.720. The molecule has 0 spiro atoms. The summed E-state index contributed by atoms with van der Waals surface area (Å²) in [7, 11) is -2.71. The van der Waals surface area contributed by atoms with E-state index in [1.807, 2.05) is 0 Å². The summed E-state index contributed by atoms with van der Waals surface area (Å²) in [6.07, 6.45) is 1.01. The molecule has 0 bridgehead atoms. The van der Waals surface area contributed by atoms with Gasteiger partial charge in [-0.2, -0.15) is 0 Å². The maximum Gasteiger partial charge on any atom is 0.266 e. The van der Waals surface area contributed by atoms with Gasteiger partial charge < -0.3 is 9.72 Å². The summed E-state index contributed by atoms with van der Waals surface area (Å²) in [4.78, 5) is 13.1. The maximum atomic E-state index is 13.3. The fraction of sp³-hybridized carbons (Fsp3) is 0.0833. The molecule has 0 saturated heterocycles. The molecule has 0 fully saturated rings. The second-order valence-electron chi connectivity index (χ2n) is 3.97. The number of methoxy groups -OCH3 is 1. The lowest BCUT2D eigenvalue weighted by Gasteiger charge is -2.09. The van der Waals surface area contributed by atoms with Crippen molar-refractivity contribution >= 4 is 27.3 Å². The smallest absolute Gasteiger partial charge is 0.266 e. The summed E-state index contributed by atoms with van der Waals surface area (Å²) >= 11 is 5.59. The van der Waals surface area contributed by atoms with Gasteiger partial charge in [0.05, 0.1) is 12.8 Å². The normalized spacial score (nSPS) is 11.2. The third-order valence-corrected chi connectivity index (χ3v) is 4.19. The van der Waals surface area contributed by atoms with Gasteiger partial charge in [0.1, 0.15) is 9.92 Å². The minimum Gasteiger partial charge on any atom is -0.494 e. The number of sulfonamides is 1. The van der Waals surface area contributed by atoms with E-state index in [0.717, 1.165) is 18.3 Å². The number of hydrogen-bond acceptors (Lipinski definition) is 4. The lowest BCUT2D eigenvalue weighted by molar-refractivity contribution is 0.387. The van der Waals surface area contributed by atoms with E-state index in [2.05, 4.69) is 9.71 Å². The number of aromatic amines is 1. The summed E-state index contributed by atoms with van der Waals surface area (Å²) in [5.41, 5.74) is -0.491. The fourth-order valence-corrected chi connectivity index (χ4v) is 2.81. The zero-order valence-corrected chi connectivity index (χ0v) is 12.3. The Morgan fingerprint density at radius 1 is 1.33 bits per heavy atom. The molecule has 0 aliphatic rings. The molecular weight excluding hydrogens is 323 g/mol. The predicted octanol–water partition coefficient (Wildman–Crippen LogP) is 1.98. The molecule has 2 rings (SSSR count). The quantitative estimate of drug-likeness (QED) is 0.896. The van der Waals surface area contributed by atoms with Crippen LogP contribution in [0.25, 0.3) is 0 Å². The highest BCUT2D eigenvalue weighted by Gasteiger charge is 2.17. The second-order valence-corrected chi connectivity index (χ2v) is 6.06. The van der Waals surface area contributed by atoms with Gasteiger partial charge in [-0.1, -0.05) is 11.6 Å². The fourth-order valence-electron chi connectivity index (χ4n) is 1.53. The van der Waals surface area contributed by atoms with Crippen LogP contribution in [-0.4, -0.2) is 20.5 Å². The zero-order valence-electron chi connectivity index (χ0n) is 10.7. The largest absolute Gasteiger partial charge is 0.494 e. The Morgan fingerprint density at radius 2 is 2.05 bits per heavy atom. The van der Waals surface area contributed by atoms with Gasteiger partial charge in [0, 0.05) is 12.3 Å². The van der Waals surface area contributed by atoms with E-state index >= 15 is 0 Å². The molecule has 2 N–H and O–H groups in total. The van der Waals surface area contributed by atoms with Gasteiger partial charge in [-0.15, -0.1) is 0 Å². The van der Waals surface area contributed by atoms with Crippen LogP contribution in [0, 0.1) is 5.82 Å². The first-order chi connectivity index (χ1) is 9.83. The molecular formula is C12H10ClFN2O4S. The van der Waals surface area contributed by atoms with Crippen LogP contribution < -0.4 is 15.0 Å². The lowest BCUT2D eigenvalue weighted by Crippen LogP contribution is -2.16. The first-order valence-corrected chi connectivity index (χ1v) is 7.44. The van der Waals surface area contributed by atoms with Crippen molar-refractivity contribution in [1.82, 2.24) is 4.98 Å². The Balaban J connectivity index is 2.37. The number of hydrogen-bond donors (Lipinski definition) is 2. The van der Waals surface area contributed by atoms with Crippen LogP contribution >= 0.6 is 11.6 Å². The van der Waals surface area contributed by atoms with Crippen LogP contribution in [0.15, 0.2) is 40.2 Å². The molecule has 0 saturated carbocycles. The first kappa shape index (κ1) is 15.3. The number of anilines is 1. The predicted molar refractivity (Wildman–Crippen MR) is 75.8 cm³/mol. The van der Waals surface area contributed by atoms with E-state index in [-0.39, 0.29) is 21.4 Å². The minimum atomic E-state index is -3.97. The third kappa shape index (κ3) is 3.34. The Morgan fingerprint density at radius 3 is 2.67 bits per heavy atom. The molecule has 2 aromatic rings. The SMILES string of the molecule is COc1cc(NS(=O)(=O)c2c[nH]c(=O)c(Cl)c2)ccc1F. The van der Waals surface area contributed by atoms with E-state index in [4.69, 9.17) is 16.3 Å². The van der Waals surface area contributed by atoms with E-state index < -0.39 is 21.4 Å². The zero-order chi connectivity index (χ0) is 15.6. The van der Waals surface area contributed by atoms with E-state index in [0.29, 0.717) is 0 Å². The number of aromatic nitrogens is 1. The molecule has 0 radical (unpaired) electrons. The van der Waals surface area contributed by atoms with E-state index in [1.165, 1.54) is 19.2 Å². The Bertz CT molecular complexity index is 835. The molecule has 0 amide bonds. The van der Waals surface area contributed by atoms with Crippen molar-refractivity contribution < 1.29 is 17.5 Å². The molecule has 0 atom stereocenters. The molecule has 0 unspecified atom stereocenters. The van der Waals surface area contributed by atoms with Crippen LogP contribution in [0.1, 0.15) is 0 Å². The number of halogens is 2. The molecule has 21 heavy (non-hydrogen) atoms. The van der Waals surface area contributed by atoms with E-state index in [1.54, 1.807) is 0 Å². The van der Waals surface area contributed by atoms with Crippen molar-refractivity contribution in [3.05, 3.63) is 51.7 Å². The summed E-state index contributed by atoms with van der Waals surface area (Å²) in [5, 5.41) is -0.255. The standard InChI is InChI=1S/C12H10ClFN2O4S/c1-20-11-4-7(2-3-10(11)14)16-21(18,19)8-5-9(13)12(17)15-6-8/h2-6,16H,1H3,(H,15,17). The molecule has 112 valence electrons. The van der Waals surface area contributed by atoms with Crippen molar-refractivity contribution in [3.63, 3.8) is 0 Å². The van der Waals surface area contributed by atoms with Crippen LogP contribution in [0.5, 0.6) is 5.75 Å². The summed E-state index contributed by atoms with van der Waals surface area (Å²) < 4.78 is 44.5. The highest BCUT2D eigenvalue weighted by Crippen LogP contribution is 2.23. The molecule has 0 aliphatic heterocycles. The highest BCUT2D eigenvalue weighted by molar-refractivity contribution is 7.92. The van der Waals surface area contributed by atoms with Crippen molar-refractivity contribution in [3.8, 4) is 5.75 Å². The Kier molecular flexibility index (Phi) is 4.19. The van der Waals surface area contributed by atoms with Crippen molar-refractivity contribution in [2.75, 3.05) is 11.8 Å². The Hall–Kier alpha value is -2.06. The number of benzene rings is 1. The molecule has 1 aromatic heterocycles. The number of rotatable bonds is 4. The first-order valence-electron chi connectivity index (χ1n) is 5.58. The maximum absolute atomic E-state index is 13.3. The van der Waals surface area contributed by atoms with Crippen LogP contribution in [0.2, 0.25) is 5.02 Å². The Labute approximate surface area is 124 Å². The average molecular weight is 333 g/mol.